The normalized spacial score (nSPS) is 18.7. The van der Waals surface area contributed by atoms with Gasteiger partial charge in [0.1, 0.15) is 5.75 Å². The van der Waals surface area contributed by atoms with Crippen LogP contribution in [0.1, 0.15) is 16.5 Å². The van der Waals surface area contributed by atoms with Gasteiger partial charge in [-0.25, -0.2) is 8.42 Å². The van der Waals surface area contributed by atoms with Gasteiger partial charge in [0.2, 0.25) is 10.0 Å². The van der Waals surface area contributed by atoms with Gasteiger partial charge < -0.3 is 4.74 Å². The van der Waals surface area contributed by atoms with Crippen LogP contribution < -0.4 is 4.74 Å². The molecule has 0 saturated carbocycles. The Bertz CT molecular complexity index is 855. The molecule has 0 aliphatic carbocycles. The molecule has 1 fully saturated rings. The Labute approximate surface area is 155 Å². The predicted octanol–water partition coefficient (Wildman–Crippen LogP) is 4.20. The molecule has 2 aromatic rings. The Kier molecular flexibility index (Phi) is 5.24. The van der Waals surface area contributed by atoms with E-state index < -0.39 is 10.0 Å². The summed E-state index contributed by atoms with van der Waals surface area (Å²) in [5.74, 6) is 1.45. The minimum Gasteiger partial charge on any atom is -0.496 e. The first-order valence-corrected chi connectivity index (χ1v) is 10.8. The lowest BCUT2D eigenvalue weighted by atomic mass is 10.2. The summed E-state index contributed by atoms with van der Waals surface area (Å²) in [6.45, 7) is 2.38. The fraction of sp³-hybridized carbons (Fsp3) is 0.294. The molecule has 0 unspecified atom stereocenters. The number of aryl methyl sites for hydroxylation is 1. The molecule has 7 heteroatoms. The van der Waals surface area contributed by atoms with Crippen LogP contribution in [-0.2, 0) is 10.0 Å². The molecular formula is C17H18BrNO3S2. The maximum absolute atomic E-state index is 13.1. The molecule has 1 atom stereocenters. The highest BCUT2D eigenvalue weighted by Crippen LogP contribution is 2.45. The van der Waals surface area contributed by atoms with Crippen molar-refractivity contribution in [2.45, 2.75) is 17.2 Å². The van der Waals surface area contributed by atoms with Crippen LogP contribution in [0.15, 0.2) is 51.8 Å². The lowest BCUT2D eigenvalue weighted by Crippen LogP contribution is -2.30. The second kappa shape index (κ2) is 7.07. The number of nitrogens with zero attached hydrogens (tertiary/aromatic N) is 1. The van der Waals surface area contributed by atoms with Gasteiger partial charge in [0, 0.05) is 22.3 Å². The molecule has 1 saturated heterocycles. The van der Waals surface area contributed by atoms with Crippen LogP contribution in [0.2, 0.25) is 0 Å². The van der Waals surface area contributed by atoms with Crippen molar-refractivity contribution in [1.82, 2.24) is 4.31 Å². The highest BCUT2D eigenvalue weighted by molar-refractivity contribution is 9.10. The van der Waals surface area contributed by atoms with E-state index in [1.807, 2.05) is 31.2 Å². The van der Waals surface area contributed by atoms with Crippen LogP contribution in [0.25, 0.3) is 0 Å². The first kappa shape index (κ1) is 17.8. The standard InChI is InChI=1S/C17H18BrNO3S2/c1-12-4-3-5-14(10-12)24(20,21)19-8-9-23-17(19)15-11-13(18)6-7-16(15)22-2/h3-7,10-11,17H,8-9H2,1-2H3/t17-/m0/s1. The van der Waals surface area contributed by atoms with Crippen molar-refractivity contribution in [1.29, 1.82) is 0 Å². The third kappa shape index (κ3) is 3.35. The minimum absolute atomic E-state index is 0.289. The molecule has 1 aliphatic heterocycles. The fourth-order valence-corrected chi connectivity index (χ4v) is 6.49. The number of halogens is 1. The van der Waals surface area contributed by atoms with Crippen LogP contribution in [0.3, 0.4) is 0 Å². The van der Waals surface area contributed by atoms with E-state index in [4.69, 9.17) is 4.74 Å². The second-order valence-corrected chi connectivity index (χ2v) is 9.54. The number of methoxy groups -OCH3 is 1. The molecule has 24 heavy (non-hydrogen) atoms. The number of rotatable bonds is 4. The third-order valence-electron chi connectivity index (χ3n) is 3.90. The van der Waals surface area contributed by atoms with E-state index in [-0.39, 0.29) is 5.37 Å². The zero-order valence-electron chi connectivity index (χ0n) is 13.4. The maximum atomic E-state index is 13.1. The number of hydrogen-bond acceptors (Lipinski definition) is 4. The average Bonchev–Trinajstić information content (AvgIpc) is 3.05. The van der Waals surface area contributed by atoms with E-state index in [2.05, 4.69) is 15.9 Å². The summed E-state index contributed by atoms with van der Waals surface area (Å²) >= 11 is 5.08. The molecule has 1 heterocycles. The van der Waals surface area contributed by atoms with Gasteiger partial charge >= 0.3 is 0 Å². The number of benzene rings is 2. The molecule has 0 spiro atoms. The maximum Gasteiger partial charge on any atom is 0.244 e. The van der Waals surface area contributed by atoms with Gasteiger partial charge in [-0.1, -0.05) is 28.1 Å². The Hall–Kier alpha value is -1.02. The van der Waals surface area contributed by atoms with Crippen LogP contribution in [-0.4, -0.2) is 32.1 Å². The zero-order valence-corrected chi connectivity index (χ0v) is 16.6. The van der Waals surface area contributed by atoms with Crippen molar-refractivity contribution in [3.8, 4) is 5.75 Å². The van der Waals surface area contributed by atoms with Gasteiger partial charge in [0.15, 0.2) is 0 Å². The van der Waals surface area contributed by atoms with Gasteiger partial charge in [-0.15, -0.1) is 11.8 Å². The lowest BCUT2D eigenvalue weighted by Gasteiger charge is -2.25. The van der Waals surface area contributed by atoms with Crippen molar-refractivity contribution in [3.05, 3.63) is 58.1 Å². The summed E-state index contributed by atoms with van der Waals surface area (Å²) in [5.41, 5.74) is 1.80. The van der Waals surface area contributed by atoms with E-state index in [0.29, 0.717) is 17.2 Å². The predicted molar refractivity (Wildman–Crippen MR) is 101 cm³/mol. The average molecular weight is 428 g/mol. The van der Waals surface area contributed by atoms with Crippen LogP contribution >= 0.6 is 27.7 Å². The second-order valence-electron chi connectivity index (χ2n) is 5.54. The quantitative estimate of drug-likeness (QED) is 0.733. The molecule has 0 radical (unpaired) electrons. The number of thioether (sulfide) groups is 1. The van der Waals surface area contributed by atoms with Gasteiger partial charge in [-0.3, -0.25) is 0 Å². The van der Waals surface area contributed by atoms with Crippen LogP contribution in [0, 0.1) is 6.92 Å². The summed E-state index contributed by atoms with van der Waals surface area (Å²) in [4.78, 5) is 0.337. The molecule has 3 rings (SSSR count). The molecular weight excluding hydrogens is 410 g/mol. The van der Waals surface area contributed by atoms with Gasteiger partial charge in [-0.2, -0.15) is 4.31 Å². The Morgan fingerprint density at radius 3 is 2.75 bits per heavy atom. The van der Waals surface area contributed by atoms with Crippen molar-refractivity contribution >= 4 is 37.7 Å². The van der Waals surface area contributed by atoms with Crippen molar-refractivity contribution < 1.29 is 13.2 Å². The van der Waals surface area contributed by atoms with E-state index in [9.17, 15) is 8.42 Å². The first-order chi connectivity index (χ1) is 11.4. The summed E-state index contributed by atoms with van der Waals surface area (Å²) in [7, 11) is -1.95. The van der Waals surface area contributed by atoms with Gasteiger partial charge in [-0.05, 0) is 42.8 Å². The van der Waals surface area contributed by atoms with E-state index in [0.717, 1.165) is 21.4 Å². The third-order valence-corrected chi connectivity index (χ3v) is 7.63. The SMILES string of the molecule is COc1ccc(Br)cc1[C@@H]1SCCN1S(=O)(=O)c1cccc(C)c1. The highest BCUT2D eigenvalue weighted by Gasteiger charge is 2.38. The van der Waals surface area contributed by atoms with Crippen molar-refractivity contribution in [2.24, 2.45) is 0 Å². The topological polar surface area (TPSA) is 46.6 Å². The van der Waals surface area contributed by atoms with E-state index >= 15 is 0 Å². The van der Waals surface area contributed by atoms with E-state index in [1.54, 1.807) is 41.4 Å². The summed E-state index contributed by atoms with van der Waals surface area (Å²) < 4.78 is 34.1. The number of ether oxygens (including phenoxy) is 1. The van der Waals surface area contributed by atoms with Crippen LogP contribution in [0.5, 0.6) is 5.75 Å². The molecule has 128 valence electrons. The molecule has 0 N–H and O–H groups in total. The Balaban J connectivity index is 2.04. The monoisotopic (exact) mass is 427 g/mol. The van der Waals surface area contributed by atoms with Crippen molar-refractivity contribution in [3.63, 3.8) is 0 Å². The molecule has 1 aliphatic rings. The molecule has 0 aromatic heterocycles. The van der Waals surface area contributed by atoms with E-state index in [1.165, 1.54) is 0 Å². The smallest absolute Gasteiger partial charge is 0.244 e. The molecule has 4 nitrogen and oxygen atoms in total. The molecule has 0 amide bonds. The Morgan fingerprint density at radius 2 is 2.04 bits per heavy atom. The number of sulfonamides is 1. The van der Waals surface area contributed by atoms with Crippen LogP contribution in [0.4, 0.5) is 0 Å². The minimum atomic E-state index is -3.55. The summed E-state index contributed by atoms with van der Waals surface area (Å²) in [6.07, 6.45) is 0. The van der Waals surface area contributed by atoms with Gasteiger partial charge in [0.25, 0.3) is 0 Å². The van der Waals surface area contributed by atoms with Gasteiger partial charge in [0.05, 0.1) is 17.4 Å². The number of hydrogen-bond donors (Lipinski definition) is 0. The largest absolute Gasteiger partial charge is 0.496 e. The lowest BCUT2D eigenvalue weighted by molar-refractivity contribution is 0.390. The first-order valence-electron chi connectivity index (χ1n) is 7.47. The molecule has 2 aromatic carbocycles. The summed E-state index contributed by atoms with van der Waals surface area (Å²) in [6, 6.07) is 12.7. The van der Waals surface area contributed by atoms with Crippen molar-refractivity contribution in [2.75, 3.05) is 19.4 Å². The zero-order chi connectivity index (χ0) is 17.3. The summed E-state index contributed by atoms with van der Waals surface area (Å²) in [5, 5.41) is -0.289. The highest BCUT2D eigenvalue weighted by atomic mass is 79.9. The fourth-order valence-electron chi connectivity index (χ4n) is 2.76. The Morgan fingerprint density at radius 1 is 1.25 bits per heavy atom. The molecule has 0 bridgehead atoms.